The van der Waals surface area contributed by atoms with Crippen LogP contribution in [0, 0.1) is 5.82 Å². The monoisotopic (exact) mass is 474 g/mol. The number of nitrogens with zero attached hydrogens (tertiary/aromatic N) is 3. The van der Waals surface area contributed by atoms with E-state index in [1.54, 1.807) is 24.3 Å². The van der Waals surface area contributed by atoms with Crippen LogP contribution < -0.4 is 10.1 Å². The van der Waals surface area contributed by atoms with Gasteiger partial charge in [0.15, 0.2) is 5.82 Å². The van der Waals surface area contributed by atoms with Crippen LogP contribution in [0.25, 0.3) is 11.4 Å². The van der Waals surface area contributed by atoms with Crippen LogP contribution in [0.1, 0.15) is 28.8 Å². The zero-order chi connectivity index (χ0) is 24.1. The molecule has 1 fully saturated rings. The number of carbonyl (C=O) groups excluding carboxylic acids is 1. The minimum atomic E-state index is -4.71. The van der Waals surface area contributed by atoms with Crippen molar-refractivity contribution in [1.29, 1.82) is 0 Å². The average Bonchev–Trinajstić information content (AvgIpc) is 2.81. The molecule has 0 spiro atoms. The van der Waals surface area contributed by atoms with Crippen LogP contribution in [0.5, 0.6) is 5.75 Å². The second-order valence-corrected chi connectivity index (χ2v) is 8.02. The number of hydrogen-bond donors (Lipinski definition) is 1. The van der Waals surface area contributed by atoms with Gasteiger partial charge in [-0.1, -0.05) is 24.3 Å². The van der Waals surface area contributed by atoms with Gasteiger partial charge in [-0.15, -0.1) is 13.2 Å². The Bertz CT molecular complexity index is 1110. The molecule has 1 saturated heterocycles. The Kier molecular flexibility index (Phi) is 7.06. The Hall–Kier alpha value is -3.53. The summed E-state index contributed by atoms with van der Waals surface area (Å²) >= 11 is 0. The van der Waals surface area contributed by atoms with Crippen molar-refractivity contribution in [2.45, 2.75) is 31.8 Å². The maximum absolute atomic E-state index is 13.4. The van der Waals surface area contributed by atoms with Gasteiger partial charge in [-0.3, -0.25) is 9.69 Å². The molecule has 2 aromatic carbocycles. The Morgan fingerprint density at radius 1 is 1.06 bits per heavy atom. The normalized spacial score (nSPS) is 15.2. The van der Waals surface area contributed by atoms with Crippen molar-refractivity contribution in [3.8, 4) is 17.1 Å². The van der Waals surface area contributed by atoms with E-state index in [-0.39, 0.29) is 23.5 Å². The number of carbonyl (C=O) groups is 1. The van der Waals surface area contributed by atoms with Crippen molar-refractivity contribution in [2.24, 2.45) is 0 Å². The summed E-state index contributed by atoms with van der Waals surface area (Å²) in [4.78, 5) is 23.1. The topological polar surface area (TPSA) is 67.4 Å². The minimum absolute atomic E-state index is 0.00536. The molecule has 0 bridgehead atoms. The van der Waals surface area contributed by atoms with E-state index in [0.717, 1.165) is 31.5 Å². The third kappa shape index (κ3) is 6.50. The van der Waals surface area contributed by atoms with Crippen LogP contribution in [0.15, 0.2) is 60.9 Å². The molecule has 1 aromatic heterocycles. The number of alkyl halides is 3. The standard InChI is InChI=1S/C24H22F4N4O2/c25-19-3-1-2-17(12-19)22-29-13-18(14-30-22)23(33)31-20-8-10-32(11-9-20)15-16-4-6-21(7-5-16)34-24(26,27)28/h1-7,12-14,20H,8-11,15H2,(H,31,33). The molecule has 0 aliphatic carbocycles. The van der Waals surface area contributed by atoms with E-state index in [1.807, 2.05) is 0 Å². The first-order valence-corrected chi connectivity index (χ1v) is 10.7. The molecule has 0 unspecified atom stereocenters. The molecule has 1 aliphatic rings. The van der Waals surface area contributed by atoms with Crippen molar-refractivity contribution in [3.63, 3.8) is 0 Å². The Labute approximate surface area is 193 Å². The minimum Gasteiger partial charge on any atom is -0.406 e. The summed E-state index contributed by atoms with van der Waals surface area (Å²) < 4.78 is 54.1. The van der Waals surface area contributed by atoms with Crippen LogP contribution in [0.3, 0.4) is 0 Å². The zero-order valence-electron chi connectivity index (χ0n) is 18.1. The molecule has 1 N–H and O–H groups in total. The van der Waals surface area contributed by atoms with Gasteiger partial charge in [-0.25, -0.2) is 14.4 Å². The number of aromatic nitrogens is 2. The summed E-state index contributed by atoms with van der Waals surface area (Å²) in [5.74, 6) is -0.570. The lowest BCUT2D eigenvalue weighted by atomic mass is 10.0. The van der Waals surface area contributed by atoms with Crippen LogP contribution in [-0.2, 0) is 6.54 Å². The van der Waals surface area contributed by atoms with E-state index in [9.17, 15) is 22.4 Å². The van der Waals surface area contributed by atoms with Gasteiger partial charge < -0.3 is 10.1 Å². The smallest absolute Gasteiger partial charge is 0.406 e. The van der Waals surface area contributed by atoms with Gasteiger partial charge >= 0.3 is 6.36 Å². The van der Waals surface area contributed by atoms with E-state index < -0.39 is 6.36 Å². The number of likely N-dealkylation sites (tertiary alicyclic amines) is 1. The van der Waals surface area contributed by atoms with E-state index in [0.29, 0.717) is 23.5 Å². The lowest BCUT2D eigenvalue weighted by Gasteiger charge is -2.32. The fourth-order valence-electron chi connectivity index (χ4n) is 3.78. The molecule has 3 aromatic rings. The maximum atomic E-state index is 13.4. The van der Waals surface area contributed by atoms with Gasteiger partial charge in [0.1, 0.15) is 11.6 Å². The summed E-state index contributed by atoms with van der Waals surface area (Å²) in [6, 6.07) is 11.7. The molecule has 1 aliphatic heterocycles. The predicted molar refractivity (Wildman–Crippen MR) is 116 cm³/mol. The maximum Gasteiger partial charge on any atom is 0.573 e. The van der Waals surface area contributed by atoms with E-state index in [2.05, 4.69) is 24.9 Å². The summed E-state index contributed by atoms with van der Waals surface area (Å²) in [7, 11) is 0. The number of benzene rings is 2. The summed E-state index contributed by atoms with van der Waals surface area (Å²) in [5.41, 5.74) is 1.73. The van der Waals surface area contributed by atoms with Crippen LogP contribution in [0.2, 0.25) is 0 Å². The average molecular weight is 474 g/mol. The predicted octanol–water partition coefficient (Wildman–Crippen LogP) is 4.58. The van der Waals surface area contributed by atoms with Crippen molar-refractivity contribution in [3.05, 3.63) is 77.9 Å². The SMILES string of the molecule is O=C(NC1CCN(Cc2ccc(OC(F)(F)F)cc2)CC1)c1cnc(-c2cccc(F)c2)nc1. The number of nitrogens with one attached hydrogen (secondary N) is 1. The third-order valence-corrected chi connectivity index (χ3v) is 5.48. The fraction of sp³-hybridized carbons (Fsp3) is 0.292. The Balaban J connectivity index is 1.25. The Morgan fingerprint density at radius 2 is 1.74 bits per heavy atom. The zero-order valence-corrected chi connectivity index (χ0v) is 18.1. The molecule has 0 saturated carbocycles. The van der Waals surface area contributed by atoms with Gasteiger partial charge in [0.25, 0.3) is 5.91 Å². The number of ether oxygens (including phenoxy) is 1. The molecule has 1 amide bonds. The number of hydrogen-bond acceptors (Lipinski definition) is 5. The summed E-state index contributed by atoms with van der Waals surface area (Å²) in [5, 5.41) is 2.99. The van der Waals surface area contributed by atoms with Crippen LogP contribution in [-0.4, -0.2) is 46.3 Å². The second-order valence-electron chi connectivity index (χ2n) is 8.02. The third-order valence-electron chi connectivity index (χ3n) is 5.48. The number of rotatable bonds is 6. The molecule has 6 nitrogen and oxygen atoms in total. The molecule has 10 heteroatoms. The van der Waals surface area contributed by atoms with Gasteiger partial charge in [0.05, 0.1) is 5.56 Å². The molecular formula is C24H22F4N4O2. The van der Waals surface area contributed by atoms with Crippen molar-refractivity contribution < 1.29 is 27.1 Å². The Morgan fingerprint density at radius 3 is 2.35 bits per heavy atom. The fourth-order valence-corrected chi connectivity index (χ4v) is 3.78. The summed E-state index contributed by atoms with van der Waals surface area (Å²) in [6.45, 7) is 2.07. The largest absolute Gasteiger partial charge is 0.573 e. The molecule has 0 atom stereocenters. The highest BCUT2D eigenvalue weighted by atomic mass is 19.4. The van der Waals surface area contributed by atoms with E-state index >= 15 is 0 Å². The quantitative estimate of drug-likeness (QED) is 0.530. The highest BCUT2D eigenvalue weighted by molar-refractivity contribution is 5.93. The first-order valence-electron chi connectivity index (χ1n) is 10.7. The molecule has 34 heavy (non-hydrogen) atoms. The molecule has 2 heterocycles. The molecular weight excluding hydrogens is 452 g/mol. The van der Waals surface area contributed by atoms with Crippen LogP contribution in [0.4, 0.5) is 17.6 Å². The number of amides is 1. The van der Waals surface area contributed by atoms with E-state index in [1.165, 1.54) is 36.7 Å². The van der Waals surface area contributed by atoms with Crippen LogP contribution >= 0.6 is 0 Å². The molecule has 178 valence electrons. The van der Waals surface area contributed by atoms with Crippen molar-refractivity contribution in [2.75, 3.05) is 13.1 Å². The lowest BCUT2D eigenvalue weighted by Crippen LogP contribution is -2.44. The second kappa shape index (κ2) is 10.2. The first-order chi connectivity index (χ1) is 16.2. The van der Waals surface area contributed by atoms with Gasteiger partial charge in [-0.05, 0) is 42.7 Å². The highest BCUT2D eigenvalue weighted by Gasteiger charge is 2.31. The number of piperidine rings is 1. The lowest BCUT2D eigenvalue weighted by molar-refractivity contribution is -0.274. The van der Waals surface area contributed by atoms with E-state index in [4.69, 9.17) is 0 Å². The van der Waals surface area contributed by atoms with Gasteiger partial charge in [0.2, 0.25) is 0 Å². The molecule has 0 radical (unpaired) electrons. The molecule has 4 rings (SSSR count). The number of halogens is 4. The van der Waals surface area contributed by atoms with Gasteiger partial charge in [0, 0.05) is 43.6 Å². The highest BCUT2D eigenvalue weighted by Crippen LogP contribution is 2.23. The first kappa shape index (κ1) is 23.6. The van der Waals surface area contributed by atoms with Crippen molar-refractivity contribution >= 4 is 5.91 Å². The summed E-state index contributed by atoms with van der Waals surface area (Å²) in [6.07, 6.45) is -0.385. The van der Waals surface area contributed by atoms with Crippen molar-refractivity contribution in [1.82, 2.24) is 20.2 Å². The van der Waals surface area contributed by atoms with Gasteiger partial charge in [-0.2, -0.15) is 0 Å².